The molecule has 0 saturated carbocycles. The SMILES string of the molecule is CC(=O)O[C@@H]1OC(OCO)[C@@H](O)[C@H](O)C1O. The zero-order chi connectivity index (χ0) is 12.3. The Hall–Kier alpha value is -0.770. The zero-order valence-electron chi connectivity index (χ0n) is 8.52. The number of aliphatic hydroxyl groups excluding tert-OH is 4. The van der Waals surface area contributed by atoms with Crippen LogP contribution in [0, 0.1) is 0 Å². The topological polar surface area (TPSA) is 126 Å². The van der Waals surface area contributed by atoms with Gasteiger partial charge in [-0.05, 0) is 0 Å². The second-order valence-electron chi connectivity index (χ2n) is 3.25. The van der Waals surface area contributed by atoms with Crippen molar-refractivity contribution in [2.45, 2.75) is 37.8 Å². The summed E-state index contributed by atoms with van der Waals surface area (Å²) in [7, 11) is 0. The largest absolute Gasteiger partial charge is 0.433 e. The molecule has 0 radical (unpaired) electrons. The van der Waals surface area contributed by atoms with Gasteiger partial charge in [0.05, 0.1) is 0 Å². The highest BCUT2D eigenvalue weighted by molar-refractivity contribution is 5.66. The molecule has 1 aliphatic heterocycles. The van der Waals surface area contributed by atoms with Gasteiger partial charge in [-0.1, -0.05) is 0 Å². The predicted molar refractivity (Wildman–Crippen MR) is 46.6 cm³/mol. The number of hydrogen-bond donors (Lipinski definition) is 4. The van der Waals surface area contributed by atoms with E-state index in [1.165, 1.54) is 0 Å². The Kier molecular flexibility index (Phi) is 4.59. The van der Waals surface area contributed by atoms with Crippen molar-refractivity contribution >= 4 is 5.97 Å². The van der Waals surface area contributed by atoms with E-state index >= 15 is 0 Å². The molecule has 0 aromatic rings. The van der Waals surface area contributed by atoms with Gasteiger partial charge in [0.1, 0.15) is 25.1 Å². The number of carbonyl (C=O) groups excluding carboxylic acids is 1. The summed E-state index contributed by atoms with van der Waals surface area (Å²) in [6, 6.07) is 0. The molecule has 0 bridgehead atoms. The number of carbonyl (C=O) groups is 1. The average molecular weight is 238 g/mol. The van der Waals surface area contributed by atoms with Crippen molar-refractivity contribution in [2.75, 3.05) is 6.79 Å². The van der Waals surface area contributed by atoms with Crippen LogP contribution < -0.4 is 0 Å². The van der Waals surface area contributed by atoms with E-state index in [1.807, 2.05) is 0 Å². The molecule has 94 valence electrons. The monoisotopic (exact) mass is 238 g/mol. The van der Waals surface area contributed by atoms with Crippen molar-refractivity contribution in [3.05, 3.63) is 0 Å². The highest BCUT2D eigenvalue weighted by Gasteiger charge is 2.45. The van der Waals surface area contributed by atoms with Crippen LogP contribution in [0.4, 0.5) is 0 Å². The second-order valence-corrected chi connectivity index (χ2v) is 3.25. The minimum Gasteiger partial charge on any atom is -0.433 e. The quantitative estimate of drug-likeness (QED) is 0.308. The second kappa shape index (κ2) is 5.53. The third-order valence-corrected chi connectivity index (χ3v) is 2.05. The van der Waals surface area contributed by atoms with E-state index in [2.05, 4.69) is 9.47 Å². The summed E-state index contributed by atoms with van der Waals surface area (Å²) in [5.74, 6) is -0.726. The Morgan fingerprint density at radius 2 is 1.75 bits per heavy atom. The third kappa shape index (κ3) is 2.88. The Bertz CT molecular complexity index is 244. The first-order valence-corrected chi connectivity index (χ1v) is 4.56. The van der Waals surface area contributed by atoms with E-state index in [9.17, 15) is 20.1 Å². The standard InChI is InChI=1S/C8H14O8/c1-3(10)15-8-6(13)4(11)5(12)7(16-8)14-2-9/h4-9,11-13H,2H2,1H3/t4-,5-,6?,7?,8+/m0/s1. The number of esters is 1. The molecule has 1 fully saturated rings. The average Bonchev–Trinajstić information content (AvgIpc) is 2.21. The molecular formula is C8H14O8. The van der Waals surface area contributed by atoms with E-state index in [4.69, 9.17) is 9.84 Å². The van der Waals surface area contributed by atoms with E-state index in [0.717, 1.165) is 6.92 Å². The van der Waals surface area contributed by atoms with Crippen molar-refractivity contribution in [1.82, 2.24) is 0 Å². The molecule has 4 N–H and O–H groups in total. The number of rotatable bonds is 3. The Balaban J connectivity index is 2.68. The molecule has 0 aliphatic carbocycles. The molecule has 0 aromatic heterocycles. The molecule has 1 aliphatic rings. The normalized spacial score (nSPS) is 39.4. The van der Waals surface area contributed by atoms with Crippen molar-refractivity contribution in [3.63, 3.8) is 0 Å². The minimum atomic E-state index is -1.60. The fourth-order valence-corrected chi connectivity index (χ4v) is 1.29. The number of aliphatic hydroxyl groups is 4. The minimum absolute atomic E-state index is 0.726. The maximum absolute atomic E-state index is 10.7. The van der Waals surface area contributed by atoms with Gasteiger partial charge in [-0.2, -0.15) is 0 Å². The molecule has 16 heavy (non-hydrogen) atoms. The summed E-state index contributed by atoms with van der Waals surface area (Å²) < 4.78 is 13.9. The van der Waals surface area contributed by atoms with Crippen LogP contribution in [0.3, 0.4) is 0 Å². The summed E-state index contributed by atoms with van der Waals surface area (Å²) in [5, 5.41) is 36.7. The lowest BCUT2D eigenvalue weighted by molar-refractivity contribution is -0.349. The Morgan fingerprint density at radius 3 is 2.25 bits per heavy atom. The first-order valence-electron chi connectivity index (χ1n) is 4.56. The number of hydrogen-bond acceptors (Lipinski definition) is 8. The van der Waals surface area contributed by atoms with Crippen LogP contribution in [0.15, 0.2) is 0 Å². The van der Waals surface area contributed by atoms with Crippen LogP contribution in [-0.4, -0.2) is 64.1 Å². The highest BCUT2D eigenvalue weighted by atomic mass is 16.8. The molecule has 5 atom stereocenters. The van der Waals surface area contributed by atoms with Gasteiger partial charge in [0, 0.05) is 6.92 Å². The van der Waals surface area contributed by atoms with Crippen LogP contribution in [0.2, 0.25) is 0 Å². The lowest BCUT2D eigenvalue weighted by Gasteiger charge is -2.38. The van der Waals surface area contributed by atoms with Crippen LogP contribution in [0.1, 0.15) is 6.92 Å². The predicted octanol–water partition coefficient (Wildman–Crippen LogP) is -2.72. The van der Waals surface area contributed by atoms with Crippen LogP contribution in [-0.2, 0) is 19.0 Å². The summed E-state index contributed by atoms with van der Waals surface area (Å²) in [6.07, 6.45) is -7.57. The van der Waals surface area contributed by atoms with E-state index in [1.54, 1.807) is 0 Å². The van der Waals surface area contributed by atoms with E-state index in [0.29, 0.717) is 0 Å². The lowest BCUT2D eigenvalue weighted by atomic mass is 10.0. The Labute approximate surface area is 91.0 Å². The van der Waals surface area contributed by atoms with Crippen molar-refractivity contribution < 1.29 is 39.4 Å². The van der Waals surface area contributed by atoms with Gasteiger partial charge >= 0.3 is 5.97 Å². The van der Waals surface area contributed by atoms with Crippen molar-refractivity contribution in [1.29, 1.82) is 0 Å². The van der Waals surface area contributed by atoms with Crippen molar-refractivity contribution in [3.8, 4) is 0 Å². The fourth-order valence-electron chi connectivity index (χ4n) is 1.29. The molecule has 2 unspecified atom stereocenters. The molecular weight excluding hydrogens is 224 g/mol. The van der Waals surface area contributed by atoms with Gasteiger partial charge in [0.15, 0.2) is 6.29 Å². The van der Waals surface area contributed by atoms with E-state index in [-0.39, 0.29) is 0 Å². The molecule has 0 amide bonds. The maximum atomic E-state index is 10.7. The molecule has 1 heterocycles. The molecule has 8 heteroatoms. The van der Waals surface area contributed by atoms with Gasteiger partial charge < -0.3 is 34.6 Å². The smallest absolute Gasteiger partial charge is 0.305 e. The molecule has 1 saturated heterocycles. The van der Waals surface area contributed by atoms with Gasteiger partial charge in [-0.3, -0.25) is 4.79 Å². The maximum Gasteiger partial charge on any atom is 0.305 e. The van der Waals surface area contributed by atoms with E-state index < -0.39 is 43.7 Å². The first-order chi connectivity index (χ1) is 7.47. The fraction of sp³-hybridized carbons (Fsp3) is 0.875. The summed E-state index contributed by atoms with van der Waals surface area (Å²) in [6.45, 7) is 0.340. The lowest BCUT2D eigenvalue weighted by Crippen LogP contribution is -2.59. The zero-order valence-corrected chi connectivity index (χ0v) is 8.52. The number of ether oxygens (including phenoxy) is 3. The van der Waals surface area contributed by atoms with Crippen LogP contribution in [0.25, 0.3) is 0 Å². The van der Waals surface area contributed by atoms with Gasteiger partial charge in [0.25, 0.3) is 0 Å². The summed E-state index contributed by atoms with van der Waals surface area (Å²) in [4.78, 5) is 10.7. The third-order valence-electron chi connectivity index (χ3n) is 2.05. The molecule has 1 rings (SSSR count). The highest BCUT2D eigenvalue weighted by Crippen LogP contribution is 2.22. The Morgan fingerprint density at radius 1 is 1.19 bits per heavy atom. The summed E-state index contributed by atoms with van der Waals surface area (Å²) >= 11 is 0. The van der Waals surface area contributed by atoms with Gasteiger partial charge in [0.2, 0.25) is 6.29 Å². The van der Waals surface area contributed by atoms with Crippen LogP contribution >= 0.6 is 0 Å². The molecule has 0 spiro atoms. The van der Waals surface area contributed by atoms with Gasteiger partial charge in [-0.25, -0.2) is 0 Å². The van der Waals surface area contributed by atoms with Crippen LogP contribution in [0.5, 0.6) is 0 Å². The molecule has 0 aromatic carbocycles. The van der Waals surface area contributed by atoms with Gasteiger partial charge in [-0.15, -0.1) is 0 Å². The summed E-state index contributed by atoms with van der Waals surface area (Å²) in [5.41, 5.74) is 0. The first kappa shape index (κ1) is 13.3. The van der Waals surface area contributed by atoms with Crippen molar-refractivity contribution in [2.24, 2.45) is 0 Å². The molecule has 8 nitrogen and oxygen atoms in total.